The van der Waals surface area contributed by atoms with Gasteiger partial charge in [-0.1, -0.05) is 18.4 Å². The van der Waals surface area contributed by atoms with Crippen LogP contribution in [0.5, 0.6) is 0 Å². The van der Waals surface area contributed by atoms with Gasteiger partial charge in [-0.25, -0.2) is 4.79 Å². The van der Waals surface area contributed by atoms with Crippen molar-refractivity contribution < 1.29 is 14.7 Å². The van der Waals surface area contributed by atoms with E-state index in [9.17, 15) is 9.59 Å². The highest BCUT2D eigenvalue weighted by atomic mass is 16.4. The molecule has 0 aliphatic heterocycles. The maximum absolute atomic E-state index is 11.5. The Morgan fingerprint density at radius 1 is 1.27 bits per heavy atom. The first-order valence-corrected chi connectivity index (χ1v) is 5.17. The quantitative estimate of drug-likeness (QED) is 0.694. The van der Waals surface area contributed by atoms with Crippen molar-refractivity contribution in [3.8, 4) is 0 Å². The third-order valence-electron chi connectivity index (χ3n) is 2.65. The molecule has 0 radical (unpaired) electrons. The molecule has 0 heterocycles. The number of amides is 1. The summed E-state index contributed by atoms with van der Waals surface area (Å²) in [6.07, 6.45) is 4.22. The lowest BCUT2D eigenvalue weighted by molar-refractivity contribution is -0.146. The van der Waals surface area contributed by atoms with Crippen LogP contribution in [-0.2, 0) is 9.59 Å². The third kappa shape index (κ3) is 2.81. The number of nitrogens with one attached hydrogen (secondary N) is 1. The lowest BCUT2D eigenvalue weighted by Crippen LogP contribution is -2.52. The highest BCUT2D eigenvalue weighted by Crippen LogP contribution is 2.29. The molecule has 4 nitrogen and oxygen atoms in total. The molecule has 0 bridgehead atoms. The number of carboxylic acids is 1. The van der Waals surface area contributed by atoms with Crippen LogP contribution in [0.25, 0.3) is 0 Å². The van der Waals surface area contributed by atoms with Gasteiger partial charge in [0.05, 0.1) is 0 Å². The average Bonchev–Trinajstić information content (AvgIpc) is 2.52. The summed E-state index contributed by atoms with van der Waals surface area (Å²) < 4.78 is 0. The van der Waals surface area contributed by atoms with Gasteiger partial charge in [0.2, 0.25) is 5.91 Å². The second-order valence-corrected chi connectivity index (χ2v) is 4.31. The van der Waals surface area contributed by atoms with Gasteiger partial charge in [0.25, 0.3) is 0 Å². The number of allylic oxidation sites excluding steroid dienone is 1. The van der Waals surface area contributed by atoms with Gasteiger partial charge in [0.15, 0.2) is 0 Å². The van der Waals surface area contributed by atoms with E-state index in [1.165, 1.54) is 6.08 Å². The van der Waals surface area contributed by atoms with Crippen molar-refractivity contribution in [2.24, 2.45) is 0 Å². The molecule has 4 heteroatoms. The van der Waals surface area contributed by atoms with E-state index in [0.717, 1.165) is 18.4 Å². The molecule has 0 atom stereocenters. The first-order chi connectivity index (χ1) is 6.96. The second-order valence-electron chi connectivity index (χ2n) is 4.31. The van der Waals surface area contributed by atoms with Gasteiger partial charge in [-0.15, -0.1) is 0 Å². The first kappa shape index (κ1) is 11.8. The SMILES string of the molecule is CC(C)=CC(=O)NC1(C(=O)O)CCCC1. The molecule has 2 N–H and O–H groups in total. The van der Waals surface area contributed by atoms with Crippen LogP contribution in [0.3, 0.4) is 0 Å². The number of aliphatic carboxylic acids is 1. The van der Waals surface area contributed by atoms with E-state index in [4.69, 9.17) is 5.11 Å². The smallest absolute Gasteiger partial charge is 0.329 e. The van der Waals surface area contributed by atoms with Crippen LogP contribution >= 0.6 is 0 Å². The van der Waals surface area contributed by atoms with E-state index in [2.05, 4.69) is 5.32 Å². The Morgan fingerprint density at radius 2 is 1.80 bits per heavy atom. The molecule has 0 saturated heterocycles. The number of carbonyl (C=O) groups excluding carboxylic acids is 1. The molecule has 0 aromatic rings. The number of hydrogen-bond acceptors (Lipinski definition) is 2. The summed E-state index contributed by atoms with van der Waals surface area (Å²) in [5, 5.41) is 11.7. The molecular formula is C11H17NO3. The van der Waals surface area contributed by atoms with Gasteiger partial charge < -0.3 is 10.4 Å². The lowest BCUT2D eigenvalue weighted by atomic mass is 9.98. The van der Waals surface area contributed by atoms with E-state index >= 15 is 0 Å². The maximum atomic E-state index is 11.5. The number of rotatable bonds is 3. The molecule has 1 amide bonds. The summed E-state index contributed by atoms with van der Waals surface area (Å²) >= 11 is 0. The molecule has 1 rings (SSSR count). The highest BCUT2D eigenvalue weighted by molar-refractivity contribution is 5.93. The zero-order valence-electron chi connectivity index (χ0n) is 9.17. The Bertz CT molecular complexity index is 297. The molecule has 1 aliphatic rings. The van der Waals surface area contributed by atoms with Crippen molar-refractivity contribution in [2.45, 2.75) is 45.1 Å². The van der Waals surface area contributed by atoms with E-state index in [1.807, 2.05) is 13.8 Å². The fraction of sp³-hybridized carbons (Fsp3) is 0.636. The summed E-state index contributed by atoms with van der Waals surface area (Å²) in [6, 6.07) is 0. The molecule has 84 valence electrons. The van der Waals surface area contributed by atoms with Gasteiger partial charge >= 0.3 is 5.97 Å². The largest absolute Gasteiger partial charge is 0.480 e. The van der Waals surface area contributed by atoms with Crippen LogP contribution in [0.4, 0.5) is 0 Å². The molecule has 0 aromatic heterocycles. The fourth-order valence-electron chi connectivity index (χ4n) is 1.90. The van der Waals surface area contributed by atoms with Crippen molar-refractivity contribution >= 4 is 11.9 Å². The monoisotopic (exact) mass is 211 g/mol. The minimum absolute atomic E-state index is 0.306. The van der Waals surface area contributed by atoms with Gasteiger partial charge in [0.1, 0.15) is 5.54 Å². The molecule has 1 aliphatic carbocycles. The molecule has 0 aromatic carbocycles. The Morgan fingerprint density at radius 3 is 2.20 bits per heavy atom. The van der Waals surface area contributed by atoms with Gasteiger partial charge in [-0.3, -0.25) is 4.79 Å². The highest BCUT2D eigenvalue weighted by Gasteiger charge is 2.42. The fourth-order valence-corrected chi connectivity index (χ4v) is 1.90. The summed E-state index contributed by atoms with van der Waals surface area (Å²) in [7, 11) is 0. The molecule has 1 fully saturated rings. The number of carboxylic acid groups (broad SMARTS) is 1. The van der Waals surface area contributed by atoms with E-state index in [-0.39, 0.29) is 5.91 Å². The van der Waals surface area contributed by atoms with E-state index in [0.29, 0.717) is 12.8 Å². The van der Waals surface area contributed by atoms with Crippen molar-refractivity contribution in [2.75, 3.05) is 0 Å². The van der Waals surface area contributed by atoms with Crippen LogP contribution < -0.4 is 5.32 Å². The van der Waals surface area contributed by atoms with E-state index in [1.54, 1.807) is 0 Å². The minimum Gasteiger partial charge on any atom is -0.480 e. The van der Waals surface area contributed by atoms with E-state index < -0.39 is 11.5 Å². The summed E-state index contributed by atoms with van der Waals surface area (Å²) in [5.74, 6) is -1.23. The topological polar surface area (TPSA) is 66.4 Å². The lowest BCUT2D eigenvalue weighted by Gasteiger charge is -2.24. The van der Waals surface area contributed by atoms with Crippen LogP contribution in [0.2, 0.25) is 0 Å². The molecule has 15 heavy (non-hydrogen) atoms. The van der Waals surface area contributed by atoms with Gasteiger partial charge in [0, 0.05) is 6.08 Å². The third-order valence-corrected chi connectivity index (χ3v) is 2.65. The molecule has 0 spiro atoms. The van der Waals surface area contributed by atoms with Crippen molar-refractivity contribution in [3.63, 3.8) is 0 Å². The van der Waals surface area contributed by atoms with Crippen molar-refractivity contribution in [3.05, 3.63) is 11.6 Å². The Labute approximate surface area is 89.4 Å². The average molecular weight is 211 g/mol. The van der Waals surface area contributed by atoms with Gasteiger partial charge in [-0.2, -0.15) is 0 Å². The summed E-state index contributed by atoms with van der Waals surface area (Å²) in [6.45, 7) is 3.61. The Hall–Kier alpha value is -1.32. The maximum Gasteiger partial charge on any atom is 0.329 e. The summed E-state index contributed by atoms with van der Waals surface area (Å²) in [4.78, 5) is 22.6. The van der Waals surface area contributed by atoms with Crippen molar-refractivity contribution in [1.82, 2.24) is 5.32 Å². The second kappa shape index (κ2) is 4.47. The standard InChI is InChI=1S/C11H17NO3/c1-8(2)7-9(13)12-11(10(14)15)5-3-4-6-11/h7H,3-6H2,1-2H3,(H,12,13)(H,14,15). The molecule has 1 saturated carbocycles. The zero-order chi connectivity index (χ0) is 11.5. The number of carbonyl (C=O) groups is 2. The van der Waals surface area contributed by atoms with Gasteiger partial charge in [-0.05, 0) is 26.7 Å². The van der Waals surface area contributed by atoms with Crippen LogP contribution in [0.15, 0.2) is 11.6 Å². The zero-order valence-corrected chi connectivity index (χ0v) is 9.17. The minimum atomic E-state index is -1.02. The first-order valence-electron chi connectivity index (χ1n) is 5.17. The predicted molar refractivity (Wildman–Crippen MR) is 56.4 cm³/mol. The Balaban J connectivity index is 2.72. The van der Waals surface area contributed by atoms with Crippen LogP contribution in [0, 0.1) is 0 Å². The molecular weight excluding hydrogens is 194 g/mol. The van der Waals surface area contributed by atoms with Crippen LogP contribution in [-0.4, -0.2) is 22.5 Å². The number of hydrogen-bond donors (Lipinski definition) is 2. The van der Waals surface area contributed by atoms with Crippen molar-refractivity contribution in [1.29, 1.82) is 0 Å². The molecule has 0 unspecified atom stereocenters. The van der Waals surface area contributed by atoms with Crippen LogP contribution in [0.1, 0.15) is 39.5 Å². The predicted octanol–water partition coefficient (Wildman–Crippen LogP) is 1.47. The normalized spacial score (nSPS) is 18.3. The Kier molecular flexibility index (Phi) is 3.50. The summed E-state index contributed by atoms with van der Waals surface area (Å²) in [5.41, 5.74) is -0.158.